The predicted molar refractivity (Wildman–Crippen MR) is 46.9 cm³/mol. The van der Waals surface area contributed by atoms with Crippen molar-refractivity contribution in [1.82, 2.24) is 4.98 Å². The van der Waals surface area contributed by atoms with E-state index in [4.69, 9.17) is 4.42 Å². The largest absolute Gasteiger partial charge is 0.441 e. The molecule has 2 rings (SSSR count). The lowest BCUT2D eigenvalue weighted by Crippen LogP contribution is -1.98. The van der Waals surface area contributed by atoms with Gasteiger partial charge < -0.3 is 4.42 Å². The lowest BCUT2D eigenvalue weighted by atomic mass is 9.96. The van der Waals surface area contributed by atoms with Crippen LogP contribution in [0.15, 0.2) is 22.6 Å². The normalized spacial score (nSPS) is 10.6. The summed E-state index contributed by atoms with van der Waals surface area (Å²) in [4.78, 5) is 4.19. The Labute approximate surface area is 65.6 Å². The van der Waals surface area contributed by atoms with Crippen molar-refractivity contribution in [2.75, 3.05) is 0 Å². The summed E-state index contributed by atoms with van der Waals surface area (Å²) in [6.07, 6.45) is 0. The first-order valence-corrected chi connectivity index (χ1v) is 3.59. The Bertz CT molecular complexity index is 394. The first kappa shape index (κ1) is 6.46. The molecule has 11 heavy (non-hydrogen) atoms. The van der Waals surface area contributed by atoms with Crippen LogP contribution in [0.5, 0.6) is 0 Å². The Morgan fingerprint density at radius 1 is 1.45 bits per heavy atom. The fourth-order valence-electron chi connectivity index (χ4n) is 1.15. The molecule has 2 nitrogen and oxygen atoms in total. The van der Waals surface area contributed by atoms with Crippen LogP contribution < -0.4 is 5.46 Å². The van der Waals surface area contributed by atoms with Crippen molar-refractivity contribution in [3.63, 3.8) is 0 Å². The third kappa shape index (κ3) is 1.02. The summed E-state index contributed by atoms with van der Waals surface area (Å²) in [5.41, 5.74) is 3.02. The highest BCUT2D eigenvalue weighted by Gasteiger charge is 1.99. The highest BCUT2D eigenvalue weighted by Crippen LogP contribution is 2.11. The molecule has 0 fully saturated rings. The van der Waals surface area contributed by atoms with Crippen LogP contribution >= 0.6 is 0 Å². The van der Waals surface area contributed by atoms with Gasteiger partial charge in [-0.05, 0) is 12.1 Å². The number of nitrogens with zero attached hydrogens (tertiary/aromatic N) is 1. The number of hydrogen-bond acceptors (Lipinski definition) is 2. The number of aryl methyl sites for hydroxylation is 1. The van der Waals surface area contributed by atoms with Crippen LogP contribution in [0.2, 0.25) is 0 Å². The summed E-state index contributed by atoms with van der Waals surface area (Å²) in [5, 5.41) is 0. The fraction of sp³-hybridized carbons (Fsp3) is 0.125. The van der Waals surface area contributed by atoms with E-state index in [1.54, 1.807) is 0 Å². The van der Waals surface area contributed by atoms with Crippen molar-refractivity contribution in [1.29, 1.82) is 0 Å². The van der Waals surface area contributed by atoms with E-state index < -0.39 is 0 Å². The molecule has 0 aliphatic rings. The number of benzene rings is 1. The maximum Gasteiger partial charge on any atom is 0.192 e. The maximum absolute atomic E-state index is 5.34. The zero-order valence-electron chi connectivity index (χ0n) is 6.59. The second-order valence-corrected chi connectivity index (χ2v) is 2.70. The minimum absolute atomic E-state index is 0.727. The molecular formula is C8H8BNO. The molecule has 0 N–H and O–H groups in total. The van der Waals surface area contributed by atoms with Gasteiger partial charge in [0.1, 0.15) is 13.4 Å². The SMILES string of the molecule is Bc1ccc2nc(C)oc2c1. The number of oxazole rings is 1. The van der Waals surface area contributed by atoms with Crippen LogP contribution in [-0.4, -0.2) is 12.8 Å². The number of fused-ring (bicyclic) bond motifs is 1. The molecule has 1 aromatic carbocycles. The topological polar surface area (TPSA) is 26.0 Å². The third-order valence-corrected chi connectivity index (χ3v) is 1.65. The Balaban J connectivity index is 2.82. The van der Waals surface area contributed by atoms with E-state index in [0.717, 1.165) is 17.0 Å². The zero-order chi connectivity index (χ0) is 7.84. The van der Waals surface area contributed by atoms with Crippen molar-refractivity contribution in [2.45, 2.75) is 6.92 Å². The van der Waals surface area contributed by atoms with Crippen LogP contribution in [0.25, 0.3) is 11.1 Å². The van der Waals surface area contributed by atoms with Gasteiger partial charge in [-0.2, -0.15) is 0 Å². The molecule has 0 saturated heterocycles. The third-order valence-electron chi connectivity index (χ3n) is 1.65. The standard InChI is InChI=1S/C8H8BNO/c1-5-10-7-3-2-6(9)4-8(7)11-5/h2-4H,9H2,1H3. The molecule has 0 saturated carbocycles. The average molecular weight is 145 g/mol. The van der Waals surface area contributed by atoms with Gasteiger partial charge in [-0.3, -0.25) is 0 Å². The van der Waals surface area contributed by atoms with E-state index in [1.165, 1.54) is 5.46 Å². The van der Waals surface area contributed by atoms with Gasteiger partial charge in [-0.1, -0.05) is 11.5 Å². The van der Waals surface area contributed by atoms with Crippen LogP contribution in [0.3, 0.4) is 0 Å². The van der Waals surface area contributed by atoms with E-state index in [2.05, 4.69) is 4.98 Å². The molecule has 0 radical (unpaired) electrons. The van der Waals surface area contributed by atoms with Crippen molar-refractivity contribution < 1.29 is 4.42 Å². The van der Waals surface area contributed by atoms with E-state index in [0.29, 0.717) is 0 Å². The monoisotopic (exact) mass is 145 g/mol. The molecule has 0 atom stereocenters. The van der Waals surface area contributed by atoms with Crippen molar-refractivity contribution in [3.05, 3.63) is 24.1 Å². The molecule has 0 spiro atoms. The smallest absolute Gasteiger partial charge is 0.192 e. The summed E-state index contributed by atoms with van der Waals surface area (Å²) in [7, 11) is 2.04. The van der Waals surface area contributed by atoms with Gasteiger partial charge >= 0.3 is 0 Å². The van der Waals surface area contributed by atoms with E-state index in [-0.39, 0.29) is 0 Å². The van der Waals surface area contributed by atoms with Gasteiger partial charge in [0.2, 0.25) is 0 Å². The maximum atomic E-state index is 5.34. The molecular weight excluding hydrogens is 137 g/mol. The van der Waals surface area contributed by atoms with E-state index in [9.17, 15) is 0 Å². The molecule has 0 unspecified atom stereocenters. The number of hydrogen-bond donors (Lipinski definition) is 0. The van der Waals surface area contributed by atoms with Gasteiger partial charge in [-0.25, -0.2) is 4.98 Å². The first-order chi connectivity index (χ1) is 5.25. The van der Waals surface area contributed by atoms with Crippen molar-refractivity contribution >= 4 is 24.4 Å². The van der Waals surface area contributed by atoms with Crippen LogP contribution in [-0.2, 0) is 0 Å². The molecule has 3 heteroatoms. The van der Waals surface area contributed by atoms with Crippen molar-refractivity contribution in [2.24, 2.45) is 0 Å². The molecule has 0 aliphatic heterocycles. The molecule has 2 aromatic rings. The van der Waals surface area contributed by atoms with Crippen LogP contribution in [0.1, 0.15) is 5.89 Å². The average Bonchev–Trinajstić information content (AvgIpc) is 2.27. The van der Waals surface area contributed by atoms with Gasteiger partial charge in [0.05, 0.1) is 0 Å². The predicted octanol–water partition coefficient (Wildman–Crippen LogP) is 0.395. The molecule has 0 aliphatic carbocycles. The van der Waals surface area contributed by atoms with Crippen LogP contribution in [0.4, 0.5) is 0 Å². The summed E-state index contributed by atoms with van der Waals surface area (Å²) in [6, 6.07) is 6.00. The summed E-state index contributed by atoms with van der Waals surface area (Å²) in [5.74, 6) is 0.727. The summed E-state index contributed by atoms with van der Waals surface area (Å²) in [6.45, 7) is 1.86. The quantitative estimate of drug-likeness (QED) is 0.501. The Kier molecular flexibility index (Phi) is 1.25. The van der Waals surface area contributed by atoms with E-state index >= 15 is 0 Å². The van der Waals surface area contributed by atoms with E-state index in [1.807, 2.05) is 33.0 Å². The number of aromatic nitrogens is 1. The lowest BCUT2D eigenvalue weighted by Gasteiger charge is -1.87. The zero-order valence-corrected chi connectivity index (χ0v) is 6.59. The minimum atomic E-state index is 0.727. The van der Waals surface area contributed by atoms with Gasteiger partial charge in [-0.15, -0.1) is 0 Å². The second-order valence-electron chi connectivity index (χ2n) is 2.70. The van der Waals surface area contributed by atoms with Gasteiger partial charge in [0.15, 0.2) is 11.5 Å². The van der Waals surface area contributed by atoms with Crippen LogP contribution in [0, 0.1) is 6.92 Å². The molecule has 1 heterocycles. The van der Waals surface area contributed by atoms with Crippen molar-refractivity contribution in [3.8, 4) is 0 Å². The molecule has 0 bridgehead atoms. The summed E-state index contributed by atoms with van der Waals surface area (Å²) < 4.78 is 5.34. The lowest BCUT2D eigenvalue weighted by molar-refractivity contribution is 0.561. The molecule has 54 valence electrons. The highest BCUT2D eigenvalue weighted by atomic mass is 16.3. The fourth-order valence-corrected chi connectivity index (χ4v) is 1.15. The Hall–Kier alpha value is -1.25. The summed E-state index contributed by atoms with van der Waals surface area (Å²) >= 11 is 0. The van der Waals surface area contributed by atoms with Gasteiger partial charge in [0.25, 0.3) is 0 Å². The number of rotatable bonds is 0. The van der Waals surface area contributed by atoms with Gasteiger partial charge in [0, 0.05) is 6.92 Å². The molecule has 1 aromatic heterocycles. The highest BCUT2D eigenvalue weighted by molar-refractivity contribution is 6.32. The minimum Gasteiger partial charge on any atom is -0.441 e. The second kappa shape index (κ2) is 2.12. The molecule has 0 amide bonds. The Morgan fingerprint density at radius 2 is 2.27 bits per heavy atom. The Morgan fingerprint density at radius 3 is 3.09 bits per heavy atom. The first-order valence-electron chi connectivity index (χ1n) is 3.59.